The predicted octanol–water partition coefficient (Wildman–Crippen LogP) is 1.66. The highest BCUT2D eigenvalue weighted by atomic mass is 35.5. The fourth-order valence-electron chi connectivity index (χ4n) is 1.87. The Morgan fingerprint density at radius 2 is 1.95 bits per heavy atom. The molecule has 0 amide bonds. The highest BCUT2D eigenvalue weighted by Crippen LogP contribution is 2.22. The topological polar surface area (TPSA) is 89.2 Å². The van der Waals surface area contributed by atoms with E-state index in [4.69, 9.17) is 27.8 Å². The van der Waals surface area contributed by atoms with Crippen molar-refractivity contribution < 1.29 is 4.74 Å². The molecule has 8 heteroatoms. The Morgan fingerprint density at radius 1 is 1.29 bits per heavy atom. The second kappa shape index (κ2) is 8.07. The van der Waals surface area contributed by atoms with Crippen LogP contribution in [0.5, 0.6) is 0 Å². The number of rotatable bonds is 1. The first-order valence-corrected chi connectivity index (χ1v) is 6.71. The third-order valence-electron chi connectivity index (χ3n) is 2.96. The number of hydrogen-bond donors (Lipinski definition) is 2. The molecule has 0 aromatic heterocycles. The van der Waals surface area contributed by atoms with Crippen LogP contribution in [-0.4, -0.2) is 43.1 Å². The molecule has 1 heterocycles. The molecule has 1 aromatic rings. The number of benzene rings is 1. The van der Waals surface area contributed by atoms with Crippen LogP contribution in [0.3, 0.4) is 0 Å². The Labute approximate surface area is 135 Å². The van der Waals surface area contributed by atoms with E-state index >= 15 is 0 Å². The Hall–Kier alpha value is -1.50. The minimum absolute atomic E-state index is 0. The third-order valence-corrected chi connectivity index (χ3v) is 3.19. The van der Waals surface area contributed by atoms with E-state index in [-0.39, 0.29) is 18.4 Å². The number of nitrogens with zero attached hydrogens (tertiary/aromatic N) is 3. The Kier molecular flexibility index (Phi) is 6.74. The second-order valence-electron chi connectivity index (χ2n) is 4.47. The van der Waals surface area contributed by atoms with Gasteiger partial charge in [0.1, 0.15) is 0 Å². The molecule has 1 aromatic carbocycles. The van der Waals surface area contributed by atoms with Crippen molar-refractivity contribution >= 4 is 41.6 Å². The lowest BCUT2D eigenvalue weighted by molar-refractivity contribution is 0.0676. The first-order chi connectivity index (χ1) is 9.56. The predicted molar refractivity (Wildman–Crippen MR) is 88.7 cm³/mol. The van der Waals surface area contributed by atoms with E-state index < -0.39 is 0 Å². The van der Waals surface area contributed by atoms with Gasteiger partial charge in [0, 0.05) is 18.1 Å². The molecule has 4 N–H and O–H groups in total. The molecule has 0 spiro atoms. The number of aliphatic imine (C=N–C) groups is 2. The van der Waals surface area contributed by atoms with Gasteiger partial charge in [0.2, 0.25) is 5.96 Å². The van der Waals surface area contributed by atoms with Crippen molar-refractivity contribution in [3.05, 3.63) is 28.8 Å². The summed E-state index contributed by atoms with van der Waals surface area (Å²) >= 11 is 5.89. The molecule has 0 saturated carbocycles. The molecule has 1 saturated heterocycles. The van der Waals surface area contributed by atoms with Gasteiger partial charge < -0.3 is 21.1 Å². The lowest BCUT2D eigenvalue weighted by Gasteiger charge is -2.27. The van der Waals surface area contributed by atoms with Crippen molar-refractivity contribution in [3.8, 4) is 0 Å². The van der Waals surface area contributed by atoms with E-state index in [0.717, 1.165) is 11.3 Å². The van der Waals surface area contributed by atoms with Gasteiger partial charge >= 0.3 is 0 Å². The summed E-state index contributed by atoms with van der Waals surface area (Å²) in [7, 11) is 0. The molecule has 21 heavy (non-hydrogen) atoms. The summed E-state index contributed by atoms with van der Waals surface area (Å²) in [6.45, 7) is 4.62. The molecule has 0 atom stereocenters. The van der Waals surface area contributed by atoms with Crippen LogP contribution in [-0.2, 0) is 4.74 Å². The van der Waals surface area contributed by atoms with Gasteiger partial charge in [-0.1, -0.05) is 11.6 Å². The maximum atomic E-state index is 5.90. The van der Waals surface area contributed by atoms with Crippen LogP contribution >= 0.6 is 24.0 Å². The summed E-state index contributed by atoms with van der Waals surface area (Å²) in [4.78, 5) is 10.3. The Morgan fingerprint density at radius 3 is 2.57 bits per heavy atom. The smallest absolute Gasteiger partial charge is 0.223 e. The Bertz CT molecular complexity index is 541. The van der Waals surface area contributed by atoms with Crippen LogP contribution in [0.25, 0.3) is 0 Å². The van der Waals surface area contributed by atoms with Gasteiger partial charge in [0.15, 0.2) is 5.96 Å². The van der Waals surface area contributed by atoms with Crippen molar-refractivity contribution in [2.24, 2.45) is 21.5 Å². The molecule has 116 valence electrons. The number of aryl methyl sites for hydroxylation is 1. The van der Waals surface area contributed by atoms with Crippen molar-refractivity contribution in [2.75, 3.05) is 26.3 Å². The molecule has 0 radical (unpaired) electrons. The van der Waals surface area contributed by atoms with Crippen LogP contribution in [0.1, 0.15) is 5.56 Å². The van der Waals surface area contributed by atoms with Crippen LogP contribution in [0.4, 0.5) is 5.69 Å². The summed E-state index contributed by atoms with van der Waals surface area (Å²) in [5, 5.41) is 0.663. The zero-order valence-electron chi connectivity index (χ0n) is 11.8. The fourth-order valence-corrected chi connectivity index (χ4v) is 2.10. The first kappa shape index (κ1) is 17.6. The number of hydrogen-bond acceptors (Lipinski definition) is 2. The van der Waals surface area contributed by atoms with E-state index in [9.17, 15) is 0 Å². The van der Waals surface area contributed by atoms with Crippen LogP contribution < -0.4 is 11.5 Å². The van der Waals surface area contributed by atoms with Crippen molar-refractivity contribution in [1.29, 1.82) is 0 Å². The monoisotopic (exact) mass is 331 g/mol. The van der Waals surface area contributed by atoms with Gasteiger partial charge in [-0.25, -0.2) is 4.99 Å². The minimum Gasteiger partial charge on any atom is -0.378 e. The van der Waals surface area contributed by atoms with Gasteiger partial charge in [-0.15, -0.1) is 12.4 Å². The number of morpholine rings is 1. The molecular formula is C13H19Cl2N5O. The van der Waals surface area contributed by atoms with Gasteiger partial charge in [-0.05, 0) is 30.7 Å². The third kappa shape index (κ3) is 5.08. The summed E-state index contributed by atoms with van der Waals surface area (Å²) in [5.41, 5.74) is 13.4. The summed E-state index contributed by atoms with van der Waals surface area (Å²) < 4.78 is 5.25. The molecule has 2 rings (SSSR count). The lowest BCUT2D eigenvalue weighted by Crippen LogP contribution is -2.45. The highest BCUT2D eigenvalue weighted by molar-refractivity contribution is 6.30. The van der Waals surface area contributed by atoms with Crippen molar-refractivity contribution in [2.45, 2.75) is 6.92 Å². The van der Waals surface area contributed by atoms with E-state index in [1.165, 1.54) is 0 Å². The fraction of sp³-hybridized carbons (Fsp3) is 0.385. The van der Waals surface area contributed by atoms with Gasteiger partial charge in [-0.3, -0.25) is 0 Å². The van der Waals surface area contributed by atoms with Gasteiger partial charge in [-0.2, -0.15) is 4.99 Å². The maximum Gasteiger partial charge on any atom is 0.223 e. The average molecular weight is 332 g/mol. The summed E-state index contributed by atoms with van der Waals surface area (Å²) in [6, 6.07) is 5.38. The maximum absolute atomic E-state index is 5.90. The van der Waals surface area contributed by atoms with Crippen LogP contribution in [0.2, 0.25) is 5.02 Å². The minimum atomic E-state index is 0. The van der Waals surface area contributed by atoms with Gasteiger partial charge in [0.05, 0.1) is 18.9 Å². The molecule has 0 bridgehead atoms. The molecule has 1 aliphatic rings. The van der Waals surface area contributed by atoms with E-state index in [1.54, 1.807) is 12.1 Å². The van der Waals surface area contributed by atoms with Crippen LogP contribution in [0, 0.1) is 6.92 Å². The summed E-state index contributed by atoms with van der Waals surface area (Å²) in [5.74, 6) is 0.487. The van der Waals surface area contributed by atoms with E-state index in [0.29, 0.717) is 37.3 Å². The second-order valence-corrected chi connectivity index (χ2v) is 4.91. The zero-order valence-corrected chi connectivity index (χ0v) is 13.3. The van der Waals surface area contributed by atoms with Crippen LogP contribution in [0.15, 0.2) is 28.2 Å². The van der Waals surface area contributed by atoms with Crippen molar-refractivity contribution in [3.63, 3.8) is 0 Å². The number of ether oxygens (including phenoxy) is 1. The number of guanidine groups is 2. The first-order valence-electron chi connectivity index (χ1n) is 6.33. The quantitative estimate of drug-likeness (QED) is 0.605. The molecular weight excluding hydrogens is 313 g/mol. The molecule has 6 nitrogen and oxygen atoms in total. The lowest BCUT2D eigenvalue weighted by atomic mass is 10.2. The van der Waals surface area contributed by atoms with E-state index in [2.05, 4.69) is 9.98 Å². The van der Waals surface area contributed by atoms with Crippen molar-refractivity contribution in [1.82, 2.24) is 4.90 Å². The molecule has 0 unspecified atom stereocenters. The normalized spacial score (nSPS) is 16.6. The number of nitrogens with two attached hydrogens (primary N) is 2. The van der Waals surface area contributed by atoms with E-state index in [1.807, 2.05) is 17.9 Å². The molecule has 0 aliphatic carbocycles. The van der Waals surface area contributed by atoms with Gasteiger partial charge in [0.25, 0.3) is 0 Å². The number of halogens is 2. The summed E-state index contributed by atoms with van der Waals surface area (Å²) in [6.07, 6.45) is 0. The SMILES string of the molecule is Cc1cc(Cl)ccc1N=C(N)/N=C(\N)N1CCOCC1.Cl. The standard InChI is InChI=1S/C13H18ClN5O.ClH/c1-9-8-10(14)2-3-11(9)17-12(15)18-13(16)19-4-6-20-7-5-19;/h2-3,8H,4-7H2,1H3,(H4,15,16,17,18);1H. The zero-order chi connectivity index (χ0) is 14.5. The molecule has 1 fully saturated rings. The highest BCUT2D eigenvalue weighted by Gasteiger charge is 2.12. The Balaban J connectivity index is 0.00000220. The largest absolute Gasteiger partial charge is 0.378 e. The molecule has 1 aliphatic heterocycles. The average Bonchev–Trinajstić information content (AvgIpc) is 2.43.